The summed E-state index contributed by atoms with van der Waals surface area (Å²) in [6.45, 7) is 3.98. The first-order valence-electron chi connectivity index (χ1n) is 7.87. The number of rotatable bonds is 8. The van der Waals surface area contributed by atoms with E-state index >= 15 is 0 Å². The minimum atomic E-state index is -0.371. The molecule has 0 saturated heterocycles. The van der Waals surface area contributed by atoms with E-state index in [9.17, 15) is 9.59 Å². The lowest BCUT2D eigenvalue weighted by molar-refractivity contribution is -0.123. The maximum absolute atomic E-state index is 11.8. The minimum Gasteiger partial charge on any atom is -0.484 e. The van der Waals surface area contributed by atoms with Gasteiger partial charge in [-0.05, 0) is 49.1 Å². The smallest absolute Gasteiger partial charge is 0.338 e. The number of esters is 1. The number of ether oxygens (including phenoxy) is 2. The van der Waals surface area contributed by atoms with Gasteiger partial charge in [0.1, 0.15) is 5.75 Å². The molecule has 0 aliphatic carbocycles. The molecule has 0 saturated carbocycles. The van der Waals surface area contributed by atoms with Crippen molar-refractivity contribution in [2.75, 3.05) is 13.2 Å². The van der Waals surface area contributed by atoms with Gasteiger partial charge in [-0.1, -0.05) is 13.0 Å². The topological polar surface area (TPSA) is 77.0 Å². The Bertz CT molecular complexity index is 724. The van der Waals surface area contributed by atoms with Crippen molar-refractivity contribution in [2.24, 2.45) is 5.10 Å². The molecule has 1 N–H and O–H groups in total. The third-order valence-corrected chi connectivity index (χ3v) is 4.10. The molecule has 0 spiro atoms. The van der Waals surface area contributed by atoms with E-state index in [4.69, 9.17) is 9.47 Å². The van der Waals surface area contributed by atoms with Gasteiger partial charge in [0.2, 0.25) is 0 Å². The lowest BCUT2D eigenvalue weighted by atomic mass is 10.2. The molecular weight excluding hydrogens is 340 g/mol. The highest BCUT2D eigenvalue weighted by Gasteiger charge is 2.07. The van der Waals surface area contributed by atoms with E-state index < -0.39 is 0 Å². The molecule has 132 valence electrons. The highest BCUT2D eigenvalue weighted by atomic mass is 32.1. The third-order valence-electron chi connectivity index (χ3n) is 3.12. The maximum atomic E-state index is 11.8. The number of hydrogen-bond donors (Lipinski definition) is 1. The number of carbonyl (C=O) groups excluding carboxylic acids is 2. The van der Waals surface area contributed by atoms with Gasteiger partial charge in [-0.3, -0.25) is 4.79 Å². The number of amides is 1. The fourth-order valence-electron chi connectivity index (χ4n) is 1.83. The summed E-state index contributed by atoms with van der Waals surface area (Å²) in [5.74, 6) is -0.243. The highest BCUT2D eigenvalue weighted by molar-refractivity contribution is 7.12. The number of nitrogens with zero attached hydrogens (tertiary/aromatic N) is 1. The van der Waals surface area contributed by atoms with Crippen LogP contribution in [0, 0.1) is 0 Å². The van der Waals surface area contributed by atoms with Gasteiger partial charge in [-0.2, -0.15) is 5.10 Å². The quantitative estimate of drug-likeness (QED) is 0.445. The van der Waals surface area contributed by atoms with Crippen LogP contribution in [0.3, 0.4) is 0 Å². The van der Waals surface area contributed by atoms with Crippen molar-refractivity contribution in [3.63, 3.8) is 0 Å². The first kappa shape index (κ1) is 18.7. The molecule has 0 unspecified atom stereocenters. The molecule has 6 nitrogen and oxygen atoms in total. The number of hydrazone groups is 1. The zero-order valence-electron chi connectivity index (χ0n) is 14.2. The number of benzene rings is 1. The molecule has 0 atom stereocenters. The lowest BCUT2D eigenvalue weighted by Crippen LogP contribution is -2.25. The van der Waals surface area contributed by atoms with Crippen LogP contribution in [0.15, 0.2) is 46.9 Å². The van der Waals surface area contributed by atoms with E-state index in [1.54, 1.807) is 35.6 Å². The number of carbonyl (C=O) groups is 2. The number of thiophene rings is 1. The Morgan fingerprint density at radius 1 is 1.20 bits per heavy atom. The van der Waals surface area contributed by atoms with E-state index in [1.807, 2.05) is 31.4 Å². The SMILES string of the molecule is CCCOC(=O)c1ccc(OCC(=O)N/N=C(\C)c2cccs2)cc1. The Balaban J connectivity index is 1.79. The Labute approximate surface area is 150 Å². The second-order valence-corrected chi connectivity index (χ2v) is 6.11. The summed E-state index contributed by atoms with van der Waals surface area (Å²) in [7, 11) is 0. The summed E-state index contributed by atoms with van der Waals surface area (Å²) in [5.41, 5.74) is 3.63. The van der Waals surface area contributed by atoms with Crippen molar-refractivity contribution in [1.29, 1.82) is 0 Å². The monoisotopic (exact) mass is 360 g/mol. The number of hydrogen-bond acceptors (Lipinski definition) is 6. The van der Waals surface area contributed by atoms with Crippen LogP contribution >= 0.6 is 11.3 Å². The van der Waals surface area contributed by atoms with Gasteiger partial charge < -0.3 is 9.47 Å². The van der Waals surface area contributed by atoms with E-state index in [2.05, 4.69) is 10.5 Å². The molecule has 1 heterocycles. The lowest BCUT2D eigenvalue weighted by Gasteiger charge is -2.07. The molecule has 1 amide bonds. The standard InChI is InChI=1S/C18H20N2O4S/c1-3-10-23-18(22)14-6-8-15(9-7-14)24-12-17(21)20-19-13(2)16-5-4-11-25-16/h4-9,11H,3,10,12H2,1-2H3,(H,20,21)/b19-13+. The van der Waals surface area contributed by atoms with E-state index in [1.165, 1.54) is 0 Å². The molecule has 0 bridgehead atoms. The van der Waals surface area contributed by atoms with Gasteiger partial charge in [0, 0.05) is 4.88 Å². The van der Waals surface area contributed by atoms with Crippen LogP contribution in [0.5, 0.6) is 5.75 Å². The summed E-state index contributed by atoms with van der Waals surface area (Å²) < 4.78 is 10.4. The van der Waals surface area contributed by atoms with Crippen LogP contribution in [0.1, 0.15) is 35.5 Å². The molecule has 7 heteroatoms. The number of nitrogens with one attached hydrogen (secondary N) is 1. The van der Waals surface area contributed by atoms with Gasteiger partial charge in [-0.25, -0.2) is 10.2 Å². The molecule has 1 aromatic carbocycles. The molecule has 0 radical (unpaired) electrons. The molecule has 1 aromatic heterocycles. The van der Waals surface area contributed by atoms with E-state index in [0.717, 1.165) is 17.0 Å². The molecule has 0 aliphatic rings. The zero-order valence-corrected chi connectivity index (χ0v) is 15.0. The van der Waals surface area contributed by atoms with Gasteiger partial charge in [-0.15, -0.1) is 11.3 Å². The van der Waals surface area contributed by atoms with Crippen LogP contribution in [0.2, 0.25) is 0 Å². The van der Waals surface area contributed by atoms with Crippen molar-refractivity contribution in [3.05, 3.63) is 52.2 Å². The predicted octanol–water partition coefficient (Wildman–Crippen LogP) is 3.23. The van der Waals surface area contributed by atoms with Crippen molar-refractivity contribution >= 4 is 28.9 Å². The van der Waals surface area contributed by atoms with E-state index in [0.29, 0.717) is 17.9 Å². The molecule has 2 aromatic rings. The highest BCUT2D eigenvalue weighted by Crippen LogP contribution is 2.13. The van der Waals surface area contributed by atoms with Crippen LogP contribution in [0.4, 0.5) is 0 Å². The second-order valence-electron chi connectivity index (χ2n) is 5.16. The van der Waals surface area contributed by atoms with Gasteiger partial charge in [0.05, 0.1) is 17.9 Å². The maximum Gasteiger partial charge on any atom is 0.338 e. The summed E-state index contributed by atoms with van der Waals surface area (Å²) >= 11 is 1.55. The first-order valence-corrected chi connectivity index (χ1v) is 8.75. The van der Waals surface area contributed by atoms with Crippen molar-refractivity contribution in [2.45, 2.75) is 20.3 Å². The second kappa shape index (κ2) is 9.58. The van der Waals surface area contributed by atoms with Gasteiger partial charge in [0.25, 0.3) is 5.91 Å². The predicted molar refractivity (Wildman–Crippen MR) is 97.2 cm³/mol. The Morgan fingerprint density at radius 2 is 1.96 bits per heavy atom. The fourth-order valence-corrected chi connectivity index (χ4v) is 2.51. The Morgan fingerprint density at radius 3 is 2.60 bits per heavy atom. The summed E-state index contributed by atoms with van der Waals surface area (Å²) in [5, 5.41) is 5.98. The molecule has 0 aliphatic heterocycles. The Kier molecular flexibility index (Phi) is 7.16. The summed E-state index contributed by atoms with van der Waals surface area (Å²) in [6, 6.07) is 10.3. The van der Waals surface area contributed by atoms with Crippen molar-refractivity contribution in [3.8, 4) is 5.75 Å². The molecular formula is C18H20N2O4S. The molecule has 2 rings (SSSR count). The third kappa shape index (κ3) is 6.04. The van der Waals surface area contributed by atoms with Crippen molar-refractivity contribution in [1.82, 2.24) is 5.43 Å². The average Bonchev–Trinajstić information content (AvgIpc) is 3.17. The van der Waals surface area contributed by atoms with Gasteiger partial charge >= 0.3 is 5.97 Å². The van der Waals surface area contributed by atoms with Crippen LogP contribution in [-0.4, -0.2) is 30.8 Å². The Hall–Kier alpha value is -2.67. The zero-order chi connectivity index (χ0) is 18.1. The van der Waals surface area contributed by atoms with E-state index in [-0.39, 0.29) is 18.5 Å². The average molecular weight is 360 g/mol. The minimum absolute atomic E-state index is 0.166. The van der Waals surface area contributed by atoms with Crippen LogP contribution in [-0.2, 0) is 9.53 Å². The summed E-state index contributed by atoms with van der Waals surface area (Å²) in [6.07, 6.45) is 0.774. The largest absolute Gasteiger partial charge is 0.484 e. The molecule has 0 fully saturated rings. The van der Waals surface area contributed by atoms with Crippen LogP contribution in [0.25, 0.3) is 0 Å². The molecule has 25 heavy (non-hydrogen) atoms. The summed E-state index contributed by atoms with van der Waals surface area (Å²) in [4.78, 5) is 24.4. The van der Waals surface area contributed by atoms with Crippen LogP contribution < -0.4 is 10.2 Å². The normalized spacial score (nSPS) is 11.0. The fraction of sp³-hybridized carbons (Fsp3) is 0.278. The van der Waals surface area contributed by atoms with Gasteiger partial charge in [0.15, 0.2) is 6.61 Å². The first-order chi connectivity index (χ1) is 12.1. The van der Waals surface area contributed by atoms with Crippen molar-refractivity contribution < 1.29 is 19.1 Å².